The maximum absolute atomic E-state index is 14.4. The Hall–Kier alpha value is -2.66. The second-order valence-electron chi connectivity index (χ2n) is 6.09. The molecule has 128 valence electrons. The second-order valence-corrected chi connectivity index (χ2v) is 6.48. The zero-order valence-electron chi connectivity index (χ0n) is 13.3. The minimum absolute atomic E-state index is 0.0691. The first-order valence-corrected chi connectivity index (χ1v) is 8.20. The van der Waals surface area contributed by atoms with Gasteiger partial charge in [-0.05, 0) is 6.92 Å². The molecule has 0 spiro atoms. The minimum atomic E-state index is -0.587. The molecule has 2 atom stereocenters. The summed E-state index contributed by atoms with van der Waals surface area (Å²) in [6.45, 7) is 2.81. The van der Waals surface area contributed by atoms with E-state index in [1.165, 1.54) is 6.20 Å². The Morgan fingerprint density at radius 1 is 1.48 bits per heavy atom. The highest BCUT2D eigenvalue weighted by Gasteiger charge is 2.38. The van der Waals surface area contributed by atoms with E-state index in [4.69, 9.17) is 21.6 Å². The molecule has 1 fully saturated rings. The van der Waals surface area contributed by atoms with Crippen molar-refractivity contribution in [1.29, 1.82) is 5.26 Å². The molecule has 7 nitrogen and oxygen atoms in total. The van der Waals surface area contributed by atoms with Crippen molar-refractivity contribution < 1.29 is 9.13 Å². The van der Waals surface area contributed by atoms with Gasteiger partial charge in [0.25, 0.3) is 5.88 Å². The number of rotatable bonds is 2. The van der Waals surface area contributed by atoms with Crippen LogP contribution in [0.3, 0.4) is 0 Å². The van der Waals surface area contributed by atoms with Gasteiger partial charge in [-0.3, -0.25) is 0 Å². The van der Waals surface area contributed by atoms with E-state index in [2.05, 4.69) is 25.4 Å². The fourth-order valence-corrected chi connectivity index (χ4v) is 3.42. The van der Waals surface area contributed by atoms with Crippen LogP contribution in [-0.4, -0.2) is 40.4 Å². The minimum Gasteiger partial charge on any atom is -0.470 e. The average molecular weight is 361 g/mol. The molecule has 0 aromatic carbocycles. The number of ether oxygens (including phenoxy) is 1. The number of aromatic nitrogens is 3. The molecule has 0 saturated carbocycles. The topological polar surface area (TPSA) is 87.0 Å². The van der Waals surface area contributed by atoms with Crippen molar-refractivity contribution in [2.75, 3.05) is 23.3 Å². The summed E-state index contributed by atoms with van der Waals surface area (Å²) >= 11 is 5.95. The van der Waals surface area contributed by atoms with Crippen LogP contribution in [0.4, 0.5) is 15.9 Å². The number of pyridine rings is 1. The van der Waals surface area contributed by atoms with Crippen LogP contribution in [0.5, 0.6) is 5.88 Å². The van der Waals surface area contributed by atoms with Gasteiger partial charge in [0, 0.05) is 30.8 Å². The molecule has 2 unspecified atom stereocenters. The third kappa shape index (κ3) is 2.70. The standard InChI is InChI=1S/C16H14ClFN6O/c1-8-9(4-19)5-21-16(14(8)18)25-11-2-10-6-20-15-12(24(10)7-11)3-13(17)22-23-15/h3,5,10-11H,2,6-7H2,1H3,(H,20,23). The number of fused-ring (bicyclic) bond motifs is 3. The molecule has 2 aromatic heterocycles. The lowest BCUT2D eigenvalue weighted by molar-refractivity contribution is 0.201. The lowest BCUT2D eigenvalue weighted by Crippen LogP contribution is -2.40. The van der Waals surface area contributed by atoms with Crippen molar-refractivity contribution in [2.24, 2.45) is 0 Å². The Morgan fingerprint density at radius 3 is 3.12 bits per heavy atom. The Kier molecular flexibility index (Phi) is 3.81. The predicted molar refractivity (Wildman–Crippen MR) is 89.3 cm³/mol. The number of anilines is 2. The summed E-state index contributed by atoms with van der Waals surface area (Å²) in [6.07, 6.45) is 1.83. The molecule has 2 aromatic rings. The van der Waals surface area contributed by atoms with E-state index in [-0.39, 0.29) is 29.2 Å². The maximum Gasteiger partial charge on any atom is 0.251 e. The predicted octanol–water partition coefficient (Wildman–Crippen LogP) is 2.30. The van der Waals surface area contributed by atoms with Crippen LogP contribution in [0, 0.1) is 24.1 Å². The van der Waals surface area contributed by atoms with Gasteiger partial charge >= 0.3 is 0 Å². The van der Waals surface area contributed by atoms with Crippen molar-refractivity contribution in [2.45, 2.75) is 25.5 Å². The van der Waals surface area contributed by atoms with E-state index in [1.807, 2.05) is 6.07 Å². The van der Waals surface area contributed by atoms with Gasteiger partial charge in [-0.2, -0.15) is 5.26 Å². The number of hydrogen-bond acceptors (Lipinski definition) is 7. The fourth-order valence-electron chi connectivity index (χ4n) is 3.27. The Balaban J connectivity index is 1.56. The van der Waals surface area contributed by atoms with Crippen LogP contribution in [0.15, 0.2) is 12.3 Å². The van der Waals surface area contributed by atoms with Gasteiger partial charge < -0.3 is 15.0 Å². The van der Waals surface area contributed by atoms with E-state index in [0.717, 1.165) is 5.69 Å². The molecule has 0 bridgehead atoms. The summed E-state index contributed by atoms with van der Waals surface area (Å²) in [5.41, 5.74) is 1.32. The van der Waals surface area contributed by atoms with Gasteiger partial charge in [-0.15, -0.1) is 10.2 Å². The highest BCUT2D eigenvalue weighted by atomic mass is 35.5. The van der Waals surface area contributed by atoms with Crippen LogP contribution in [0.2, 0.25) is 5.15 Å². The monoisotopic (exact) mass is 360 g/mol. The molecule has 0 radical (unpaired) electrons. The molecule has 2 aliphatic heterocycles. The van der Waals surface area contributed by atoms with Gasteiger partial charge in [0.2, 0.25) is 0 Å². The molecule has 4 heterocycles. The average Bonchev–Trinajstić information content (AvgIpc) is 3.02. The first-order valence-electron chi connectivity index (χ1n) is 7.82. The van der Waals surface area contributed by atoms with Crippen molar-refractivity contribution in [3.63, 3.8) is 0 Å². The first kappa shape index (κ1) is 15.8. The van der Waals surface area contributed by atoms with Crippen molar-refractivity contribution >= 4 is 23.1 Å². The summed E-state index contributed by atoms with van der Waals surface area (Å²) in [5, 5.41) is 20.4. The summed E-state index contributed by atoms with van der Waals surface area (Å²) in [7, 11) is 0. The molecule has 25 heavy (non-hydrogen) atoms. The Bertz CT molecular complexity index is 886. The highest BCUT2D eigenvalue weighted by molar-refractivity contribution is 6.29. The Labute approximate surface area is 148 Å². The van der Waals surface area contributed by atoms with E-state index in [0.29, 0.717) is 30.5 Å². The van der Waals surface area contributed by atoms with Gasteiger partial charge in [0.05, 0.1) is 23.8 Å². The third-order valence-electron chi connectivity index (χ3n) is 4.57. The van der Waals surface area contributed by atoms with Crippen molar-refractivity contribution in [3.8, 4) is 11.9 Å². The maximum atomic E-state index is 14.4. The van der Waals surface area contributed by atoms with Crippen LogP contribution >= 0.6 is 11.6 Å². The summed E-state index contributed by atoms with van der Waals surface area (Å²) in [6, 6.07) is 3.87. The van der Waals surface area contributed by atoms with Crippen molar-refractivity contribution in [3.05, 3.63) is 34.4 Å². The van der Waals surface area contributed by atoms with E-state index in [1.54, 1.807) is 13.0 Å². The van der Waals surface area contributed by atoms with Gasteiger partial charge in [-0.25, -0.2) is 9.37 Å². The summed E-state index contributed by atoms with van der Waals surface area (Å²) in [5.74, 6) is 0.0246. The fraction of sp³-hybridized carbons (Fsp3) is 0.375. The van der Waals surface area contributed by atoms with E-state index < -0.39 is 5.82 Å². The molecule has 1 N–H and O–H groups in total. The Morgan fingerprint density at radius 2 is 2.32 bits per heavy atom. The SMILES string of the molecule is Cc1c(C#N)cnc(OC2CC3CNc4nnc(Cl)cc4N3C2)c1F. The third-order valence-corrected chi connectivity index (χ3v) is 4.75. The zero-order chi connectivity index (χ0) is 17.6. The number of nitriles is 1. The summed E-state index contributed by atoms with van der Waals surface area (Å²) < 4.78 is 20.2. The lowest BCUT2D eigenvalue weighted by Gasteiger charge is -2.32. The number of halogens is 2. The first-order chi connectivity index (χ1) is 12.1. The second kappa shape index (κ2) is 6.01. The van der Waals surface area contributed by atoms with Crippen LogP contribution in [0.1, 0.15) is 17.5 Å². The largest absolute Gasteiger partial charge is 0.470 e. The zero-order valence-corrected chi connectivity index (χ0v) is 14.1. The molecule has 2 aliphatic rings. The smallest absolute Gasteiger partial charge is 0.251 e. The quantitative estimate of drug-likeness (QED) is 0.879. The molecule has 9 heteroatoms. The molecule has 1 saturated heterocycles. The van der Waals surface area contributed by atoms with E-state index >= 15 is 0 Å². The number of nitrogens with one attached hydrogen (secondary N) is 1. The van der Waals surface area contributed by atoms with Crippen LogP contribution < -0.4 is 15.0 Å². The molecular formula is C16H14ClFN6O. The van der Waals surface area contributed by atoms with Crippen LogP contribution in [0.25, 0.3) is 0 Å². The molecule has 0 amide bonds. The number of nitrogens with zero attached hydrogens (tertiary/aromatic N) is 5. The van der Waals surface area contributed by atoms with E-state index in [9.17, 15) is 4.39 Å². The molecule has 4 rings (SSSR count). The lowest BCUT2D eigenvalue weighted by atomic mass is 10.1. The highest BCUT2D eigenvalue weighted by Crippen LogP contribution is 2.36. The molecule has 0 aliphatic carbocycles. The van der Waals surface area contributed by atoms with Gasteiger partial charge in [-0.1, -0.05) is 11.6 Å². The normalized spacial score (nSPS) is 21.1. The summed E-state index contributed by atoms with van der Waals surface area (Å²) in [4.78, 5) is 6.10. The van der Waals surface area contributed by atoms with Gasteiger partial charge in [0.1, 0.15) is 12.2 Å². The molecular weight excluding hydrogens is 347 g/mol. The van der Waals surface area contributed by atoms with Gasteiger partial charge in [0.15, 0.2) is 16.8 Å². The van der Waals surface area contributed by atoms with Crippen molar-refractivity contribution in [1.82, 2.24) is 15.2 Å². The number of hydrogen-bond donors (Lipinski definition) is 1. The van der Waals surface area contributed by atoms with Crippen LogP contribution in [-0.2, 0) is 0 Å².